The molecule has 0 fully saturated rings. The van der Waals surface area contributed by atoms with Crippen molar-refractivity contribution in [2.45, 2.75) is 411 Å². The lowest BCUT2D eigenvalue weighted by Crippen LogP contribution is -2.30. The number of ether oxygens (including phenoxy) is 3. The van der Waals surface area contributed by atoms with Gasteiger partial charge in [-0.25, -0.2) is 9.13 Å². The van der Waals surface area contributed by atoms with E-state index in [1.807, 2.05) is 0 Å². The molecule has 0 saturated heterocycles. The largest absolute Gasteiger partial charge is 0.472 e. The van der Waals surface area contributed by atoms with E-state index in [0.29, 0.717) is 19.3 Å². The van der Waals surface area contributed by atoms with Crippen LogP contribution in [-0.2, 0) is 55.8 Å². The predicted octanol–water partition coefficient (Wildman–Crippen LogP) is 30.6. The number of aliphatic hydroxyl groups excluding tert-OH is 2. The Labute approximate surface area is 750 Å². The maximum Gasteiger partial charge on any atom is 0.472 e. The molecule has 0 aliphatic carbocycles. The Hall–Kier alpha value is -5.61. The summed E-state index contributed by atoms with van der Waals surface area (Å²) in [5.74, 6) is -1.58. The summed E-state index contributed by atoms with van der Waals surface area (Å²) in [5, 5.41) is 20.8. The van der Waals surface area contributed by atoms with Gasteiger partial charge >= 0.3 is 33.6 Å². The quantitative estimate of drug-likeness (QED) is 0.0146. The molecular weight excluding hydrogens is 1580 g/mol. The van der Waals surface area contributed by atoms with Gasteiger partial charge in [-0.1, -0.05) is 408 Å². The number of unbranched alkanes of at least 4 members (excludes halogenated alkanes) is 36. The van der Waals surface area contributed by atoms with E-state index in [0.717, 1.165) is 199 Å². The van der Waals surface area contributed by atoms with Crippen LogP contribution in [0.15, 0.2) is 194 Å². The third-order valence-corrected chi connectivity index (χ3v) is 22.2. The number of hydrogen-bond acceptors (Lipinski definition) is 14. The van der Waals surface area contributed by atoms with Crippen LogP contribution in [0.25, 0.3) is 0 Å². The lowest BCUT2D eigenvalue weighted by molar-refractivity contribution is -0.161. The van der Waals surface area contributed by atoms with Gasteiger partial charge in [-0.15, -0.1) is 0 Å². The molecule has 0 aromatic carbocycles. The second kappa shape index (κ2) is 95.5. The van der Waals surface area contributed by atoms with Crippen molar-refractivity contribution in [2.75, 3.05) is 39.6 Å². The van der Waals surface area contributed by atoms with Gasteiger partial charge in [0, 0.05) is 19.3 Å². The van der Waals surface area contributed by atoms with Gasteiger partial charge in [0.2, 0.25) is 0 Å². The fourth-order valence-electron chi connectivity index (χ4n) is 13.0. The number of esters is 3. The first-order chi connectivity index (χ1) is 60.2. The molecule has 0 aliphatic heterocycles. The fraction of sp³-hybridized carbons (Fsp3) is 0.667. The van der Waals surface area contributed by atoms with Crippen LogP contribution in [-0.4, -0.2) is 95.9 Å². The molecule has 0 aliphatic rings. The van der Waals surface area contributed by atoms with Gasteiger partial charge in [0.1, 0.15) is 25.4 Å². The van der Waals surface area contributed by atoms with Gasteiger partial charge in [-0.3, -0.25) is 32.5 Å². The van der Waals surface area contributed by atoms with Crippen molar-refractivity contribution in [2.24, 2.45) is 0 Å². The summed E-state index contributed by atoms with van der Waals surface area (Å²) >= 11 is 0. The van der Waals surface area contributed by atoms with Crippen LogP contribution in [0.2, 0.25) is 0 Å². The first-order valence-electron chi connectivity index (χ1n) is 48.7. The third-order valence-electron chi connectivity index (χ3n) is 20.3. The van der Waals surface area contributed by atoms with Crippen molar-refractivity contribution in [3.8, 4) is 0 Å². The van der Waals surface area contributed by atoms with Crippen molar-refractivity contribution in [3.63, 3.8) is 0 Å². The summed E-state index contributed by atoms with van der Waals surface area (Å²) < 4.78 is 61.6. The second-order valence-electron chi connectivity index (χ2n) is 32.1. The molecule has 0 amide bonds. The Balaban J connectivity index is 4.62. The van der Waals surface area contributed by atoms with E-state index in [9.17, 15) is 43.5 Å². The van der Waals surface area contributed by atoms with Gasteiger partial charge < -0.3 is 34.2 Å². The van der Waals surface area contributed by atoms with Crippen molar-refractivity contribution < 1.29 is 75.8 Å². The van der Waals surface area contributed by atoms with E-state index < -0.39 is 91.5 Å². The van der Waals surface area contributed by atoms with Crippen LogP contribution in [0.4, 0.5) is 0 Å². The molecule has 0 aromatic rings. The zero-order chi connectivity index (χ0) is 89.3. The number of phosphoric ester groups is 2. The maximum absolute atomic E-state index is 13.1. The molecule has 0 radical (unpaired) electrons. The molecule has 5 atom stereocenters. The van der Waals surface area contributed by atoms with Crippen LogP contribution < -0.4 is 0 Å². The lowest BCUT2D eigenvalue weighted by atomic mass is 10.0. The molecular formula is C105H176O16P2. The van der Waals surface area contributed by atoms with Crippen LogP contribution in [0.5, 0.6) is 0 Å². The molecule has 0 spiro atoms. The van der Waals surface area contributed by atoms with E-state index in [-0.39, 0.29) is 19.3 Å². The van der Waals surface area contributed by atoms with Crippen LogP contribution in [0.3, 0.4) is 0 Å². The van der Waals surface area contributed by atoms with Gasteiger partial charge in [-0.05, 0) is 161 Å². The van der Waals surface area contributed by atoms with E-state index in [1.54, 1.807) is 0 Å². The predicted molar refractivity (Wildman–Crippen MR) is 518 cm³/mol. The van der Waals surface area contributed by atoms with Crippen LogP contribution >= 0.6 is 15.6 Å². The molecule has 16 nitrogen and oxygen atoms in total. The number of carbonyl (C=O) groups excluding carboxylic acids is 3. The highest BCUT2D eigenvalue weighted by molar-refractivity contribution is 7.47. The normalized spacial score (nSPS) is 14.6. The number of carbonyl (C=O) groups is 3. The van der Waals surface area contributed by atoms with Gasteiger partial charge in [0.15, 0.2) is 6.10 Å². The first kappa shape index (κ1) is 117. The summed E-state index contributed by atoms with van der Waals surface area (Å²) in [6.07, 6.45) is 128. The topological polar surface area (TPSA) is 231 Å². The van der Waals surface area contributed by atoms with E-state index in [2.05, 4.69) is 215 Å². The summed E-state index contributed by atoms with van der Waals surface area (Å²) in [7, 11) is -9.82. The van der Waals surface area contributed by atoms with E-state index >= 15 is 0 Å². The monoisotopic (exact) mass is 1760 g/mol. The Bertz CT molecular complexity index is 3020. The molecule has 0 aromatic heterocycles. The minimum Gasteiger partial charge on any atom is -0.463 e. The zero-order valence-corrected chi connectivity index (χ0v) is 79.3. The summed E-state index contributed by atoms with van der Waals surface area (Å²) in [4.78, 5) is 59.1. The van der Waals surface area contributed by atoms with E-state index in [1.165, 1.54) is 135 Å². The molecule has 0 heterocycles. The standard InChI is InChI=1S/C105H176O16P2/c1-4-7-10-13-16-19-22-25-28-31-34-37-40-43-46-47-48-49-50-51-54-56-58-61-64-67-70-73-76-79-82-85-88-91-103(108)115-94-100(106)95-117-122(111,112)118-96-101(107)97-119-123(113,114)120-99-102(121-105(110)93-90-87-84-81-78-75-72-69-66-63-60-57-53-45-42-39-36-33-30-27-24-21-18-15-12-9-6-3)98-116-104(109)92-89-86-83-80-77-74-71-68-65-62-59-55-52-44-41-38-35-32-29-26-23-20-17-14-11-8-5-2/h7-12,16-21,25-30,34-39,43-46,52-53,59,62,100-102,106-107H,4-6,13-15,22-24,31-33,40-42,47-51,54-58,60-61,63-99H2,1-3H3,(H,111,112)(H,113,114)/b10-7-,11-8-,12-9-,19-16-,20-17-,21-18-,28-25-,29-26-,30-27-,37-34-,38-35-,39-36-,46-43-,52-44-,53-45-,62-59-. The molecule has 123 heavy (non-hydrogen) atoms. The average Bonchev–Trinajstić information content (AvgIpc) is 0.893. The number of allylic oxidation sites excluding steroid dienone is 32. The Morgan fingerprint density at radius 2 is 0.407 bits per heavy atom. The Kier molecular flexibility index (Phi) is 91.1. The minimum absolute atomic E-state index is 0.0925. The maximum atomic E-state index is 13.1. The average molecular weight is 1760 g/mol. The lowest BCUT2D eigenvalue weighted by Gasteiger charge is -2.21. The molecule has 5 unspecified atom stereocenters. The molecule has 702 valence electrons. The molecule has 0 rings (SSSR count). The highest BCUT2D eigenvalue weighted by atomic mass is 31.2. The SMILES string of the molecule is CC/C=C\C/C=C\C/C=C\C/C=C\C/C=C\C/C=C\CCCCCCCCCCC(=O)OCC(COP(=O)(O)OCC(O)COP(=O)(O)OCC(O)COC(=O)CCCCCCCCCCCCCCCCCCC/C=C\C/C=C\C/C=C\C/C=C\C/C=C\CC)OC(=O)CCCCCCCCCCCCC/C=C\C/C=C\C/C=C\C/C=C\C/C=C\CC. The zero-order valence-electron chi connectivity index (χ0n) is 77.5. The number of hydrogen-bond donors (Lipinski definition) is 4. The minimum atomic E-state index is -4.95. The smallest absolute Gasteiger partial charge is 0.463 e. The second-order valence-corrected chi connectivity index (χ2v) is 35.0. The Morgan fingerprint density at radius 1 is 0.228 bits per heavy atom. The van der Waals surface area contributed by atoms with Gasteiger partial charge in [0.25, 0.3) is 0 Å². The summed E-state index contributed by atoms with van der Waals surface area (Å²) in [5.41, 5.74) is 0. The van der Waals surface area contributed by atoms with Crippen molar-refractivity contribution in [3.05, 3.63) is 194 Å². The number of rotatable bonds is 91. The third kappa shape index (κ3) is 96.9. The summed E-state index contributed by atoms with van der Waals surface area (Å²) in [6, 6.07) is 0. The molecule has 0 saturated carbocycles. The molecule has 0 bridgehead atoms. The first-order valence-corrected chi connectivity index (χ1v) is 51.7. The van der Waals surface area contributed by atoms with Crippen molar-refractivity contribution in [1.29, 1.82) is 0 Å². The highest BCUT2D eigenvalue weighted by Crippen LogP contribution is 2.45. The molecule has 4 N–H and O–H groups in total. The molecule has 18 heteroatoms. The van der Waals surface area contributed by atoms with Gasteiger partial charge in [0.05, 0.1) is 26.4 Å². The van der Waals surface area contributed by atoms with Gasteiger partial charge in [-0.2, -0.15) is 0 Å². The highest BCUT2D eigenvalue weighted by Gasteiger charge is 2.30. The van der Waals surface area contributed by atoms with E-state index in [4.69, 9.17) is 32.3 Å². The number of aliphatic hydroxyl groups is 2. The van der Waals surface area contributed by atoms with Crippen LogP contribution in [0, 0.1) is 0 Å². The van der Waals surface area contributed by atoms with Crippen LogP contribution in [0.1, 0.15) is 393 Å². The van der Waals surface area contributed by atoms with Crippen molar-refractivity contribution >= 4 is 33.6 Å². The Morgan fingerprint density at radius 3 is 0.642 bits per heavy atom. The fourth-order valence-corrected chi connectivity index (χ4v) is 14.6. The van der Waals surface area contributed by atoms with Crippen molar-refractivity contribution in [1.82, 2.24) is 0 Å². The number of phosphoric acid groups is 2. The summed E-state index contributed by atoms with van der Waals surface area (Å²) in [6.45, 7) is 2.38.